The van der Waals surface area contributed by atoms with Crippen LogP contribution in [-0.4, -0.2) is 45.5 Å². The summed E-state index contributed by atoms with van der Waals surface area (Å²) < 4.78 is 43.7. The third-order valence-electron chi connectivity index (χ3n) is 5.64. The van der Waals surface area contributed by atoms with Crippen molar-refractivity contribution < 1.29 is 32.7 Å². The molecule has 1 fully saturated rings. The lowest BCUT2D eigenvalue weighted by atomic mass is 10.1. The number of likely N-dealkylation sites (tertiary alicyclic amines) is 1. The number of carbonyl (C=O) groups is 1. The van der Waals surface area contributed by atoms with E-state index in [4.69, 9.17) is 19.1 Å². The molecule has 5 rings (SSSR count). The van der Waals surface area contributed by atoms with Crippen LogP contribution in [0.25, 0.3) is 22.2 Å². The number of hydrogen-bond acceptors (Lipinski definition) is 8. The number of aromatic nitrogens is 2. The second-order valence-corrected chi connectivity index (χ2v) is 9.39. The maximum absolute atomic E-state index is 14.7. The number of hydrogen-bond donors (Lipinski definition) is 1. The number of carboxylic acid groups (broad SMARTS) is 1. The summed E-state index contributed by atoms with van der Waals surface area (Å²) in [5.74, 6) is -0.423. The highest BCUT2D eigenvalue weighted by atomic mass is 32.1. The molecule has 0 unspecified atom stereocenters. The molecule has 0 spiro atoms. The number of nitrogens with zero attached hydrogens (tertiary/aromatic N) is 3. The summed E-state index contributed by atoms with van der Waals surface area (Å²) in [7, 11) is 0. The van der Waals surface area contributed by atoms with E-state index >= 15 is 0 Å². The third kappa shape index (κ3) is 5.21. The molecule has 2 aromatic carbocycles. The normalized spacial score (nSPS) is 14.0. The van der Waals surface area contributed by atoms with Gasteiger partial charge in [-0.2, -0.15) is 4.98 Å². The quantitative estimate of drug-likeness (QED) is 0.288. The number of thiophene rings is 1. The van der Waals surface area contributed by atoms with Gasteiger partial charge in [0.15, 0.2) is 11.6 Å². The summed E-state index contributed by atoms with van der Waals surface area (Å²) in [4.78, 5) is 19.2. The first-order valence-electron chi connectivity index (χ1n) is 11.2. The van der Waals surface area contributed by atoms with Crippen LogP contribution in [0.3, 0.4) is 0 Å². The van der Waals surface area contributed by atoms with Crippen molar-refractivity contribution in [3.63, 3.8) is 0 Å². The molecule has 186 valence electrons. The van der Waals surface area contributed by atoms with Crippen molar-refractivity contribution >= 4 is 17.5 Å². The molecule has 1 saturated heterocycles. The molecule has 1 aliphatic rings. The Hall–Kier alpha value is -3.83. The van der Waals surface area contributed by atoms with Crippen molar-refractivity contribution in [2.75, 3.05) is 13.1 Å². The van der Waals surface area contributed by atoms with Gasteiger partial charge in [0, 0.05) is 36.1 Å². The van der Waals surface area contributed by atoms with Gasteiger partial charge in [0.25, 0.3) is 5.89 Å². The van der Waals surface area contributed by atoms with E-state index in [9.17, 15) is 13.6 Å². The molecular formula is C25H21F2N3O5S. The van der Waals surface area contributed by atoms with Gasteiger partial charge in [0.05, 0.1) is 4.88 Å². The predicted molar refractivity (Wildman–Crippen MR) is 127 cm³/mol. The highest BCUT2D eigenvalue weighted by Crippen LogP contribution is 2.35. The van der Waals surface area contributed by atoms with Crippen LogP contribution in [0, 0.1) is 11.6 Å². The molecule has 0 bridgehead atoms. The Morgan fingerprint density at radius 3 is 2.78 bits per heavy atom. The Morgan fingerprint density at radius 2 is 2.06 bits per heavy atom. The first-order chi connectivity index (χ1) is 17.4. The Labute approximate surface area is 208 Å². The van der Waals surface area contributed by atoms with Gasteiger partial charge in [-0.15, -0.1) is 11.3 Å². The van der Waals surface area contributed by atoms with Crippen LogP contribution in [0.1, 0.15) is 17.4 Å². The summed E-state index contributed by atoms with van der Waals surface area (Å²) in [6, 6.07) is 11.8. The minimum atomic E-state index is -1.26. The van der Waals surface area contributed by atoms with Crippen LogP contribution in [0.5, 0.6) is 11.5 Å². The largest absolute Gasteiger partial charge is 0.506 e. The van der Waals surface area contributed by atoms with Crippen LogP contribution in [0.2, 0.25) is 0 Å². The maximum Gasteiger partial charge on any atom is 0.506 e. The smallest absolute Gasteiger partial charge is 0.454 e. The highest BCUT2D eigenvalue weighted by molar-refractivity contribution is 7.15. The zero-order valence-electron chi connectivity index (χ0n) is 19.1. The van der Waals surface area contributed by atoms with E-state index in [1.165, 1.54) is 47.7 Å². The second-order valence-electron chi connectivity index (χ2n) is 8.25. The van der Waals surface area contributed by atoms with Gasteiger partial charge >= 0.3 is 6.16 Å². The molecular weight excluding hydrogens is 492 g/mol. The first-order valence-corrected chi connectivity index (χ1v) is 12.0. The van der Waals surface area contributed by atoms with E-state index in [1.54, 1.807) is 6.07 Å². The maximum atomic E-state index is 14.7. The monoisotopic (exact) mass is 513 g/mol. The predicted octanol–water partition coefficient (Wildman–Crippen LogP) is 5.98. The minimum absolute atomic E-state index is 0.0535. The lowest BCUT2D eigenvalue weighted by molar-refractivity contribution is -0.0359. The third-order valence-corrected chi connectivity index (χ3v) is 6.80. The first kappa shape index (κ1) is 23.9. The van der Waals surface area contributed by atoms with Crippen molar-refractivity contribution in [1.82, 2.24) is 15.0 Å². The second kappa shape index (κ2) is 10.0. The molecule has 0 saturated carbocycles. The fraction of sp³-hybridized carbons (Fsp3) is 0.240. The SMILES string of the molecule is CCc1cc(CN2CC(OC(=O)O)C2)sc1-c1noc(-c2ccc(Oc3cccc(F)c3)c(F)c2)n1. The fourth-order valence-electron chi connectivity index (χ4n) is 3.91. The molecule has 3 heterocycles. The number of ether oxygens (including phenoxy) is 2. The molecule has 0 radical (unpaired) electrons. The minimum Gasteiger partial charge on any atom is -0.454 e. The molecule has 1 aliphatic heterocycles. The van der Waals surface area contributed by atoms with E-state index in [0.29, 0.717) is 31.0 Å². The number of rotatable bonds is 8. The summed E-state index contributed by atoms with van der Waals surface area (Å²) in [5, 5.41) is 12.8. The Balaban J connectivity index is 1.29. The van der Waals surface area contributed by atoms with Gasteiger partial charge in [0.1, 0.15) is 17.7 Å². The van der Waals surface area contributed by atoms with Crippen LogP contribution in [-0.2, 0) is 17.7 Å². The van der Waals surface area contributed by atoms with Crippen molar-refractivity contribution in [3.05, 3.63) is 70.6 Å². The molecule has 0 amide bonds. The van der Waals surface area contributed by atoms with Gasteiger partial charge in [-0.1, -0.05) is 18.1 Å². The van der Waals surface area contributed by atoms with Gasteiger partial charge in [-0.25, -0.2) is 13.6 Å². The molecule has 8 nitrogen and oxygen atoms in total. The lowest BCUT2D eigenvalue weighted by Crippen LogP contribution is -2.51. The average molecular weight is 514 g/mol. The van der Waals surface area contributed by atoms with E-state index in [0.717, 1.165) is 21.7 Å². The van der Waals surface area contributed by atoms with Crippen LogP contribution in [0.15, 0.2) is 53.1 Å². The Bertz CT molecular complexity index is 1400. The van der Waals surface area contributed by atoms with Crippen molar-refractivity contribution in [3.8, 4) is 33.7 Å². The van der Waals surface area contributed by atoms with E-state index in [-0.39, 0.29) is 23.5 Å². The van der Waals surface area contributed by atoms with Gasteiger partial charge in [-0.3, -0.25) is 4.90 Å². The van der Waals surface area contributed by atoms with Gasteiger partial charge < -0.3 is 19.1 Å². The fourth-order valence-corrected chi connectivity index (χ4v) is 5.13. The van der Waals surface area contributed by atoms with Gasteiger partial charge in [-0.05, 0) is 48.4 Å². The molecule has 1 N–H and O–H groups in total. The molecule has 4 aromatic rings. The number of aryl methyl sites for hydroxylation is 1. The average Bonchev–Trinajstić information content (AvgIpc) is 3.46. The molecule has 11 heteroatoms. The number of benzene rings is 2. The summed E-state index contributed by atoms with van der Waals surface area (Å²) >= 11 is 1.54. The topological polar surface area (TPSA) is 97.9 Å². The number of halogens is 2. The van der Waals surface area contributed by atoms with Gasteiger partial charge in [0.2, 0.25) is 5.82 Å². The lowest BCUT2D eigenvalue weighted by Gasteiger charge is -2.37. The Morgan fingerprint density at radius 1 is 1.22 bits per heavy atom. The summed E-state index contributed by atoms with van der Waals surface area (Å²) in [6.07, 6.45) is -0.785. The zero-order chi connectivity index (χ0) is 25.2. The highest BCUT2D eigenvalue weighted by Gasteiger charge is 2.30. The molecule has 2 aromatic heterocycles. The molecule has 0 atom stereocenters. The van der Waals surface area contributed by atoms with Crippen LogP contribution >= 0.6 is 11.3 Å². The van der Waals surface area contributed by atoms with Crippen molar-refractivity contribution in [1.29, 1.82) is 0 Å². The van der Waals surface area contributed by atoms with E-state index < -0.39 is 17.8 Å². The van der Waals surface area contributed by atoms with Crippen molar-refractivity contribution in [2.24, 2.45) is 0 Å². The summed E-state index contributed by atoms with van der Waals surface area (Å²) in [6.45, 7) is 3.80. The zero-order valence-corrected chi connectivity index (χ0v) is 19.9. The van der Waals surface area contributed by atoms with Crippen LogP contribution in [0.4, 0.5) is 13.6 Å². The van der Waals surface area contributed by atoms with Crippen molar-refractivity contribution in [2.45, 2.75) is 26.0 Å². The Kier molecular flexibility index (Phi) is 6.66. The molecule has 36 heavy (non-hydrogen) atoms. The summed E-state index contributed by atoms with van der Waals surface area (Å²) in [5.41, 5.74) is 1.45. The molecule has 0 aliphatic carbocycles. The van der Waals surface area contributed by atoms with E-state index in [2.05, 4.69) is 21.1 Å². The van der Waals surface area contributed by atoms with Crippen LogP contribution < -0.4 is 4.74 Å². The standard InChI is InChI=1S/C25H21F2N3O5S/c1-2-14-8-19(13-30-11-18(12-30)34-25(31)32)36-22(14)23-28-24(35-29-23)15-6-7-21(20(27)9-15)33-17-5-3-4-16(26)10-17/h3-10,18H,2,11-13H2,1H3,(H,31,32). The van der Waals surface area contributed by atoms with E-state index in [1.807, 2.05) is 6.92 Å².